The molecule has 0 aliphatic heterocycles. The molecule has 0 saturated carbocycles. The fourth-order valence-corrected chi connectivity index (χ4v) is 2.28. The first-order valence-corrected chi connectivity index (χ1v) is 6.30. The van der Waals surface area contributed by atoms with E-state index in [2.05, 4.69) is 21.2 Å². The Morgan fingerprint density at radius 1 is 1.26 bits per heavy atom. The Morgan fingerprint density at radius 3 is 2.63 bits per heavy atom. The zero-order chi connectivity index (χ0) is 14.0. The predicted octanol–water partition coefficient (Wildman–Crippen LogP) is 4.89. The third-order valence-electron chi connectivity index (χ3n) is 2.30. The first-order chi connectivity index (χ1) is 8.95. The Hall–Kier alpha value is -1.66. The molecule has 0 bridgehead atoms. The van der Waals surface area contributed by atoms with Crippen molar-refractivity contribution in [2.45, 2.75) is 0 Å². The van der Waals surface area contributed by atoms with Gasteiger partial charge in [0.25, 0.3) is 5.69 Å². The molecule has 0 aliphatic carbocycles. The molecule has 2 aromatic rings. The molecule has 0 aliphatic rings. The van der Waals surface area contributed by atoms with Crippen LogP contribution < -0.4 is 5.32 Å². The van der Waals surface area contributed by atoms with Gasteiger partial charge >= 0.3 is 0 Å². The minimum atomic E-state index is -0.679. The molecule has 0 saturated heterocycles. The van der Waals surface area contributed by atoms with Crippen molar-refractivity contribution in [2.75, 3.05) is 5.32 Å². The molecule has 0 unspecified atom stereocenters. The smallest absolute Gasteiger partial charge is 0.274 e. The number of nitrogens with zero attached hydrogens (tertiary/aromatic N) is 1. The van der Waals surface area contributed by atoms with Crippen molar-refractivity contribution in [3.63, 3.8) is 0 Å². The summed E-state index contributed by atoms with van der Waals surface area (Å²) < 4.78 is 14.0. The van der Waals surface area contributed by atoms with Crippen molar-refractivity contribution in [3.8, 4) is 0 Å². The number of nitro benzene ring substituents is 1. The third-order valence-corrected chi connectivity index (χ3v) is 3.19. The number of halogens is 3. The summed E-state index contributed by atoms with van der Waals surface area (Å²) in [7, 11) is 0. The van der Waals surface area contributed by atoms with Crippen LogP contribution >= 0.6 is 27.5 Å². The van der Waals surface area contributed by atoms with Crippen LogP contribution in [-0.2, 0) is 0 Å². The average Bonchev–Trinajstić information content (AvgIpc) is 2.32. The number of non-ortho nitro benzene ring substituents is 1. The van der Waals surface area contributed by atoms with Gasteiger partial charge in [0.05, 0.1) is 16.7 Å². The number of benzene rings is 2. The fourth-order valence-electron chi connectivity index (χ4n) is 1.50. The van der Waals surface area contributed by atoms with Crippen molar-refractivity contribution >= 4 is 44.6 Å². The van der Waals surface area contributed by atoms with Crippen molar-refractivity contribution < 1.29 is 9.31 Å². The van der Waals surface area contributed by atoms with Gasteiger partial charge in [0.1, 0.15) is 5.82 Å². The number of hydrogen-bond acceptors (Lipinski definition) is 3. The van der Waals surface area contributed by atoms with Crippen LogP contribution in [0.5, 0.6) is 0 Å². The Balaban J connectivity index is 2.35. The maximum Gasteiger partial charge on any atom is 0.274 e. The Morgan fingerprint density at radius 2 is 2.00 bits per heavy atom. The van der Waals surface area contributed by atoms with Crippen molar-refractivity contribution in [1.29, 1.82) is 0 Å². The van der Waals surface area contributed by atoms with E-state index in [1.54, 1.807) is 18.2 Å². The van der Waals surface area contributed by atoms with Crippen LogP contribution in [0.1, 0.15) is 0 Å². The topological polar surface area (TPSA) is 55.2 Å². The number of anilines is 2. The standard InChI is InChI=1S/C12H7BrClFN2O2/c13-11-3-7(14)1-2-12(11)16-9-4-8(15)5-10(6-9)17(18)19/h1-6,16H. The summed E-state index contributed by atoms with van der Waals surface area (Å²) in [5, 5.41) is 14.1. The quantitative estimate of drug-likeness (QED) is 0.636. The second-order valence-electron chi connectivity index (χ2n) is 3.70. The summed E-state index contributed by atoms with van der Waals surface area (Å²) in [5.74, 6) is -0.679. The van der Waals surface area contributed by atoms with Gasteiger partial charge in [0.15, 0.2) is 0 Å². The minimum absolute atomic E-state index is 0.287. The molecule has 1 N–H and O–H groups in total. The van der Waals surface area contributed by atoms with E-state index in [0.29, 0.717) is 15.2 Å². The van der Waals surface area contributed by atoms with Crippen molar-refractivity contribution in [3.05, 3.63) is 61.8 Å². The molecule has 19 heavy (non-hydrogen) atoms. The van der Waals surface area contributed by atoms with E-state index in [4.69, 9.17) is 11.6 Å². The molecule has 0 fully saturated rings. The minimum Gasteiger partial charge on any atom is -0.354 e. The van der Waals surface area contributed by atoms with Gasteiger partial charge in [-0.2, -0.15) is 0 Å². The monoisotopic (exact) mass is 344 g/mol. The van der Waals surface area contributed by atoms with Crippen LogP contribution in [-0.4, -0.2) is 4.92 Å². The van der Waals surface area contributed by atoms with Crippen LogP contribution in [0, 0.1) is 15.9 Å². The molecule has 7 heteroatoms. The molecule has 0 radical (unpaired) electrons. The lowest BCUT2D eigenvalue weighted by Crippen LogP contribution is -1.95. The second kappa shape index (κ2) is 5.54. The Kier molecular flexibility index (Phi) is 4.01. The van der Waals surface area contributed by atoms with Crippen molar-refractivity contribution in [2.24, 2.45) is 0 Å². The van der Waals surface area contributed by atoms with Crippen LogP contribution in [0.3, 0.4) is 0 Å². The van der Waals surface area contributed by atoms with Gasteiger partial charge in [-0.05, 0) is 40.2 Å². The zero-order valence-electron chi connectivity index (χ0n) is 9.36. The molecule has 0 aromatic heterocycles. The van der Waals surface area contributed by atoms with E-state index >= 15 is 0 Å². The van der Waals surface area contributed by atoms with Crippen LogP contribution in [0.2, 0.25) is 5.02 Å². The Bertz CT molecular complexity index is 652. The highest BCUT2D eigenvalue weighted by atomic mass is 79.9. The number of nitro groups is 1. The van der Waals surface area contributed by atoms with Crippen LogP contribution in [0.15, 0.2) is 40.9 Å². The van der Waals surface area contributed by atoms with Gasteiger partial charge in [0, 0.05) is 21.2 Å². The SMILES string of the molecule is O=[N+]([O-])c1cc(F)cc(Nc2ccc(Cl)cc2Br)c1. The fraction of sp³-hybridized carbons (Fsp3) is 0. The normalized spacial score (nSPS) is 10.3. The molecule has 0 heterocycles. The Labute approximate surface area is 121 Å². The number of nitrogens with one attached hydrogen (secondary N) is 1. The largest absolute Gasteiger partial charge is 0.354 e. The summed E-state index contributed by atoms with van der Waals surface area (Å²) in [6, 6.07) is 8.30. The number of rotatable bonds is 3. The highest BCUT2D eigenvalue weighted by Crippen LogP contribution is 2.30. The highest BCUT2D eigenvalue weighted by molar-refractivity contribution is 9.10. The van der Waals surface area contributed by atoms with E-state index < -0.39 is 10.7 Å². The summed E-state index contributed by atoms with van der Waals surface area (Å²) in [6.45, 7) is 0. The predicted molar refractivity (Wildman–Crippen MR) is 75.5 cm³/mol. The molecular weight excluding hydrogens is 338 g/mol. The maximum absolute atomic E-state index is 13.3. The van der Waals surface area contributed by atoms with Crippen molar-refractivity contribution in [1.82, 2.24) is 0 Å². The molecule has 0 amide bonds. The summed E-state index contributed by atoms with van der Waals surface area (Å²) >= 11 is 9.10. The highest BCUT2D eigenvalue weighted by Gasteiger charge is 2.10. The molecule has 4 nitrogen and oxygen atoms in total. The van der Waals surface area contributed by atoms with Gasteiger partial charge in [-0.3, -0.25) is 10.1 Å². The van der Waals surface area contributed by atoms with Gasteiger partial charge in [-0.25, -0.2) is 4.39 Å². The van der Waals surface area contributed by atoms with Crippen LogP contribution in [0.25, 0.3) is 0 Å². The lowest BCUT2D eigenvalue weighted by molar-refractivity contribution is -0.385. The van der Waals surface area contributed by atoms with E-state index in [-0.39, 0.29) is 11.4 Å². The molecule has 0 atom stereocenters. The first-order valence-electron chi connectivity index (χ1n) is 5.13. The van der Waals surface area contributed by atoms with E-state index in [9.17, 15) is 14.5 Å². The van der Waals surface area contributed by atoms with E-state index in [0.717, 1.165) is 6.07 Å². The lowest BCUT2D eigenvalue weighted by Gasteiger charge is -2.09. The second-order valence-corrected chi connectivity index (χ2v) is 5.00. The molecular formula is C12H7BrClFN2O2. The molecule has 0 spiro atoms. The lowest BCUT2D eigenvalue weighted by atomic mass is 10.2. The van der Waals surface area contributed by atoms with Gasteiger partial charge in [-0.1, -0.05) is 11.6 Å². The summed E-state index contributed by atoms with van der Waals surface area (Å²) in [4.78, 5) is 10.0. The van der Waals surface area contributed by atoms with E-state index in [1.165, 1.54) is 12.1 Å². The summed E-state index contributed by atoms with van der Waals surface area (Å²) in [5.41, 5.74) is 0.603. The summed E-state index contributed by atoms with van der Waals surface area (Å²) in [6.07, 6.45) is 0. The van der Waals surface area contributed by atoms with Crippen LogP contribution in [0.4, 0.5) is 21.5 Å². The molecule has 2 rings (SSSR count). The van der Waals surface area contributed by atoms with E-state index in [1.807, 2.05) is 0 Å². The third kappa shape index (κ3) is 3.42. The molecule has 98 valence electrons. The average molecular weight is 346 g/mol. The van der Waals surface area contributed by atoms with Gasteiger partial charge in [-0.15, -0.1) is 0 Å². The zero-order valence-corrected chi connectivity index (χ0v) is 11.7. The maximum atomic E-state index is 13.3. The molecule has 2 aromatic carbocycles. The van der Waals surface area contributed by atoms with Gasteiger partial charge < -0.3 is 5.32 Å². The number of hydrogen-bond donors (Lipinski definition) is 1. The van der Waals surface area contributed by atoms with Gasteiger partial charge in [0.2, 0.25) is 0 Å². The first kappa shape index (κ1) is 13.8.